The number of carbonyl (C=O) groups excluding carboxylic acids is 3. The monoisotopic (exact) mass is 363 g/mol. The number of hydrogen-bond donors (Lipinski definition) is 1. The van der Waals surface area contributed by atoms with Gasteiger partial charge in [-0.2, -0.15) is 0 Å². The fourth-order valence-corrected chi connectivity index (χ4v) is 2.04. The number of likely N-dealkylation sites (N-methyl/N-ethyl adjacent to an activating group) is 1. The van der Waals surface area contributed by atoms with Gasteiger partial charge in [-0.3, -0.25) is 9.59 Å². The van der Waals surface area contributed by atoms with Crippen LogP contribution in [-0.4, -0.2) is 44.2 Å². The van der Waals surface area contributed by atoms with Gasteiger partial charge >= 0.3 is 17.9 Å². The highest BCUT2D eigenvalue weighted by Crippen LogP contribution is 2.16. The van der Waals surface area contributed by atoms with Gasteiger partial charge in [0.2, 0.25) is 0 Å². The number of benzene rings is 1. The van der Waals surface area contributed by atoms with Gasteiger partial charge in [-0.05, 0) is 45.0 Å². The van der Waals surface area contributed by atoms with Crippen molar-refractivity contribution in [1.29, 1.82) is 0 Å². The van der Waals surface area contributed by atoms with Gasteiger partial charge in [-0.25, -0.2) is 4.79 Å². The SMILES string of the molecule is C=C(CC(=O)OC)C(=O)Oc1ccc(CC(NC)C(=O)OC(C)C)cc1. The number of hydrogen-bond acceptors (Lipinski definition) is 7. The minimum absolute atomic E-state index is 0.00704. The second kappa shape index (κ2) is 10.4. The van der Waals surface area contributed by atoms with Crippen molar-refractivity contribution in [2.75, 3.05) is 14.2 Å². The number of ether oxygens (including phenoxy) is 3. The zero-order chi connectivity index (χ0) is 19.7. The highest BCUT2D eigenvalue weighted by atomic mass is 16.5. The molecule has 1 atom stereocenters. The second-order valence-corrected chi connectivity index (χ2v) is 5.92. The fourth-order valence-electron chi connectivity index (χ4n) is 2.04. The third-order valence-electron chi connectivity index (χ3n) is 3.43. The highest BCUT2D eigenvalue weighted by molar-refractivity contribution is 5.94. The number of nitrogens with one attached hydrogen (secondary N) is 1. The molecule has 0 aliphatic carbocycles. The molecule has 1 aromatic rings. The maximum Gasteiger partial charge on any atom is 0.339 e. The smallest absolute Gasteiger partial charge is 0.339 e. The largest absolute Gasteiger partial charge is 0.469 e. The molecule has 7 nitrogen and oxygen atoms in total. The van der Waals surface area contributed by atoms with Crippen LogP contribution in [-0.2, 0) is 30.3 Å². The summed E-state index contributed by atoms with van der Waals surface area (Å²) in [6.07, 6.45) is 0.0267. The predicted molar refractivity (Wildman–Crippen MR) is 95.6 cm³/mol. The molecule has 0 aromatic heterocycles. The average molecular weight is 363 g/mol. The van der Waals surface area contributed by atoms with Gasteiger partial charge in [0, 0.05) is 5.57 Å². The zero-order valence-electron chi connectivity index (χ0n) is 15.5. The van der Waals surface area contributed by atoms with Gasteiger partial charge in [0.1, 0.15) is 11.8 Å². The predicted octanol–water partition coefficient (Wildman–Crippen LogP) is 1.79. The summed E-state index contributed by atoms with van der Waals surface area (Å²) in [5, 5.41) is 2.93. The van der Waals surface area contributed by atoms with Crippen molar-refractivity contribution in [3.63, 3.8) is 0 Å². The minimum Gasteiger partial charge on any atom is -0.469 e. The Balaban J connectivity index is 2.65. The highest BCUT2D eigenvalue weighted by Gasteiger charge is 2.20. The first-order valence-corrected chi connectivity index (χ1v) is 8.20. The van der Waals surface area contributed by atoms with E-state index in [1.165, 1.54) is 7.11 Å². The van der Waals surface area contributed by atoms with Crippen molar-refractivity contribution >= 4 is 17.9 Å². The van der Waals surface area contributed by atoms with Crippen molar-refractivity contribution in [3.8, 4) is 5.75 Å². The molecule has 0 amide bonds. The van der Waals surface area contributed by atoms with E-state index in [2.05, 4.69) is 16.6 Å². The lowest BCUT2D eigenvalue weighted by atomic mass is 10.1. The Morgan fingerprint density at radius 1 is 1.15 bits per heavy atom. The zero-order valence-corrected chi connectivity index (χ0v) is 15.5. The molecule has 0 bridgehead atoms. The quantitative estimate of drug-likeness (QED) is 0.406. The van der Waals surface area contributed by atoms with Crippen LogP contribution < -0.4 is 10.1 Å². The van der Waals surface area contributed by atoms with E-state index >= 15 is 0 Å². The molecule has 0 spiro atoms. The van der Waals surface area contributed by atoms with Crippen LogP contribution in [0.2, 0.25) is 0 Å². The van der Waals surface area contributed by atoms with Crippen molar-refractivity contribution in [2.24, 2.45) is 0 Å². The normalized spacial score (nSPS) is 11.6. The summed E-state index contributed by atoms with van der Waals surface area (Å²) in [4.78, 5) is 35.0. The van der Waals surface area contributed by atoms with Gasteiger partial charge in [-0.1, -0.05) is 18.7 Å². The van der Waals surface area contributed by atoms with E-state index in [0.717, 1.165) is 5.56 Å². The van der Waals surface area contributed by atoms with E-state index in [4.69, 9.17) is 9.47 Å². The second-order valence-electron chi connectivity index (χ2n) is 5.92. The number of methoxy groups -OCH3 is 1. The summed E-state index contributed by atoms with van der Waals surface area (Å²) in [5.41, 5.74) is 0.880. The summed E-state index contributed by atoms with van der Waals surface area (Å²) in [6.45, 7) is 7.10. The molecule has 1 unspecified atom stereocenters. The standard InChI is InChI=1S/C19H25NO6/c1-12(2)25-19(23)16(20-4)11-14-6-8-15(9-7-14)26-18(22)13(3)10-17(21)24-5/h6-9,12,16,20H,3,10-11H2,1-2,4-5H3. The molecule has 0 heterocycles. The third-order valence-corrected chi connectivity index (χ3v) is 3.43. The lowest BCUT2D eigenvalue weighted by molar-refractivity contribution is -0.149. The van der Waals surface area contributed by atoms with Crippen molar-refractivity contribution in [2.45, 2.75) is 38.8 Å². The molecule has 142 valence electrons. The summed E-state index contributed by atoms with van der Waals surface area (Å²) in [7, 11) is 2.92. The van der Waals surface area contributed by atoms with E-state index < -0.39 is 18.0 Å². The molecule has 0 aliphatic heterocycles. The Kier molecular flexibility index (Phi) is 8.51. The minimum atomic E-state index is -0.697. The Morgan fingerprint density at radius 2 is 1.77 bits per heavy atom. The van der Waals surface area contributed by atoms with E-state index in [9.17, 15) is 14.4 Å². The van der Waals surface area contributed by atoms with E-state index in [1.54, 1.807) is 45.2 Å². The first-order chi connectivity index (χ1) is 12.3. The lowest BCUT2D eigenvalue weighted by Gasteiger charge is -2.17. The molecular weight excluding hydrogens is 338 g/mol. The molecule has 0 saturated heterocycles. The van der Waals surface area contributed by atoms with E-state index in [0.29, 0.717) is 12.2 Å². The summed E-state index contributed by atoms with van der Waals surface area (Å²) >= 11 is 0. The van der Waals surface area contributed by atoms with E-state index in [1.807, 2.05) is 0 Å². The molecule has 1 aromatic carbocycles. The van der Waals surface area contributed by atoms with Crippen LogP contribution in [0.1, 0.15) is 25.8 Å². The first kappa shape index (κ1) is 21.4. The Morgan fingerprint density at radius 3 is 2.27 bits per heavy atom. The maximum atomic E-state index is 12.0. The Bertz CT molecular complexity index is 650. The van der Waals surface area contributed by atoms with Crippen molar-refractivity contribution in [1.82, 2.24) is 5.32 Å². The molecular formula is C19H25NO6. The number of rotatable bonds is 9. The van der Waals surface area contributed by atoms with E-state index in [-0.39, 0.29) is 24.1 Å². The maximum absolute atomic E-state index is 12.0. The molecule has 0 aliphatic rings. The number of esters is 3. The average Bonchev–Trinajstić information content (AvgIpc) is 2.59. The van der Waals surface area contributed by atoms with Crippen LogP contribution >= 0.6 is 0 Å². The summed E-state index contributed by atoms with van der Waals surface area (Å²) in [6, 6.07) is 6.25. The van der Waals surface area contributed by atoms with Crippen LogP contribution in [0.25, 0.3) is 0 Å². The molecule has 7 heteroatoms. The molecule has 0 fully saturated rings. The number of carbonyl (C=O) groups is 3. The van der Waals surface area contributed by atoms with Crippen molar-refractivity contribution < 1.29 is 28.6 Å². The van der Waals surface area contributed by atoms with Crippen LogP contribution in [0.15, 0.2) is 36.4 Å². The molecule has 0 saturated carbocycles. The van der Waals surface area contributed by atoms with Gasteiger partial charge < -0.3 is 19.5 Å². The fraction of sp³-hybridized carbons (Fsp3) is 0.421. The van der Waals surface area contributed by atoms with Gasteiger partial charge in [0.15, 0.2) is 0 Å². The lowest BCUT2D eigenvalue weighted by Crippen LogP contribution is -2.38. The first-order valence-electron chi connectivity index (χ1n) is 8.20. The van der Waals surface area contributed by atoms with Gasteiger partial charge in [0.25, 0.3) is 0 Å². The summed E-state index contributed by atoms with van der Waals surface area (Å²) in [5.74, 6) is -1.27. The van der Waals surface area contributed by atoms with Crippen molar-refractivity contribution in [3.05, 3.63) is 42.0 Å². The van der Waals surface area contributed by atoms with Crippen LogP contribution in [0.3, 0.4) is 0 Å². The Labute approximate surface area is 153 Å². The third kappa shape index (κ3) is 7.06. The molecule has 1 N–H and O–H groups in total. The van der Waals surface area contributed by atoms with Gasteiger partial charge in [-0.15, -0.1) is 0 Å². The van der Waals surface area contributed by atoms with Crippen LogP contribution in [0.4, 0.5) is 0 Å². The molecule has 26 heavy (non-hydrogen) atoms. The molecule has 0 radical (unpaired) electrons. The Hall–Kier alpha value is -2.67. The summed E-state index contributed by atoms with van der Waals surface area (Å²) < 4.78 is 14.8. The van der Waals surface area contributed by atoms with Gasteiger partial charge in [0.05, 0.1) is 19.6 Å². The topological polar surface area (TPSA) is 90.9 Å². The molecule has 1 rings (SSSR count). The van der Waals surface area contributed by atoms with Crippen LogP contribution in [0, 0.1) is 0 Å². The van der Waals surface area contributed by atoms with Crippen LogP contribution in [0.5, 0.6) is 5.75 Å².